The van der Waals surface area contributed by atoms with E-state index in [0.29, 0.717) is 0 Å². The maximum Gasteiger partial charge on any atom is 0.328 e. The van der Waals surface area contributed by atoms with Gasteiger partial charge in [0.15, 0.2) is 0 Å². The predicted octanol–water partition coefficient (Wildman–Crippen LogP) is -0.217. The number of carbonyl (C=O) groups excluding carboxylic acids is 4. The fourth-order valence-corrected chi connectivity index (χ4v) is 3.12. The fraction of sp³-hybridized carbons (Fsp3) is 0.333. The fourth-order valence-electron chi connectivity index (χ4n) is 3.12. The molecule has 2 aromatic rings. The second kappa shape index (κ2) is 12.9. The van der Waals surface area contributed by atoms with Crippen LogP contribution in [0.3, 0.4) is 0 Å². The number of phenolic OH excluding ortho intramolecular Hbond substituents is 1. The van der Waals surface area contributed by atoms with Crippen LogP contribution < -0.4 is 21.7 Å². The molecule has 0 aliphatic heterocycles. The minimum absolute atomic E-state index is 0.106. The standard InChI is InChI=1S/C24H30N4O6/c1-15(27-23(32)19(25)12-17-8-10-18(29)11-9-17)22(31)26-14-21(30)28-20(24(33)34-2)13-16-6-4-3-5-7-16/h3-11,15,19-20,29H,12-14,25H2,1-2H3,(H,26,31)(H,27,32)(H,28,30)/t15-,19-,20+/m0/s1. The molecule has 0 bridgehead atoms. The number of nitrogens with one attached hydrogen (secondary N) is 3. The number of benzene rings is 2. The highest BCUT2D eigenvalue weighted by Crippen LogP contribution is 2.11. The van der Waals surface area contributed by atoms with Crippen molar-refractivity contribution in [2.75, 3.05) is 13.7 Å². The van der Waals surface area contributed by atoms with Gasteiger partial charge >= 0.3 is 5.97 Å². The molecule has 6 N–H and O–H groups in total. The molecule has 0 aliphatic carbocycles. The van der Waals surface area contributed by atoms with E-state index >= 15 is 0 Å². The predicted molar refractivity (Wildman–Crippen MR) is 124 cm³/mol. The molecule has 2 aromatic carbocycles. The van der Waals surface area contributed by atoms with Crippen molar-refractivity contribution in [2.45, 2.75) is 37.9 Å². The SMILES string of the molecule is COC(=O)[C@@H](Cc1ccccc1)NC(=O)CNC(=O)[C@H](C)NC(=O)[C@@H](N)Cc1ccc(O)cc1. The van der Waals surface area contributed by atoms with Gasteiger partial charge in [0.2, 0.25) is 17.7 Å². The molecule has 0 spiro atoms. The molecule has 3 atom stereocenters. The van der Waals surface area contributed by atoms with Crippen LogP contribution in [0.5, 0.6) is 5.75 Å². The Hall–Kier alpha value is -3.92. The highest BCUT2D eigenvalue weighted by molar-refractivity contribution is 5.92. The van der Waals surface area contributed by atoms with Gasteiger partial charge in [-0.2, -0.15) is 0 Å². The Morgan fingerprint density at radius 2 is 1.53 bits per heavy atom. The number of carbonyl (C=O) groups is 4. The van der Waals surface area contributed by atoms with Crippen LogP contribution in [0.4, 0.5) is 0 Å². The van der Waals surface area contributed by atoms with Gasteiger partial charge in [0.25, 0.3) is 0 Å². The first-order valence-corrected chi connectivity index (χ1v) is 10.7. The molecule has 2 rings (SSSR count). The number of aromatic hydroxyl groups is 1. The lowest BCUT2D eigenvalue weighted by atomic mass is 10.1. The number of amides is 3. The Bertz CT molecular complexity index is 981. The molecule has 0 heterocycles. The van der Waals surface area contributed by atoms with Crippen molar-refractivity contribution in [1.29, 1.82) is 0 Å². The first-order valence-electron chi connectivity index (χ1n) is 10.7. The average molecular weight is 471 g/mol. The van der Waals surface area contributed by atoms with E-state index in [1.807, 2.05) is 30.3 Å². The van der Waals surface area contributed by atoms with Crippen LogP contribution in [0, 0.1) is 0 Å². The lowest BCUT2D eigenvalue weighted by Crippen LogP contribution is -2.53. The molecule has 10 heteroatoms. The highest BCUT2D eigenvalue weighted by atomic mass is 16.5. The van der Waals surface area contributed by atoms with Crippen molar-refractivity contribution < 1.29 is 29.0 Å². The minimum atomic E-state index is -0.938. The second-order valence-electron chi connectivity index (χ2n) is 7.76. The van der Waals surface area contributed by atoms with Gasteiger partial charge in [-0.15, -0.1) is 0 Å². The van der Waals surface area contributed by atoms with E-state index in [2.05, 4.69) is 16.0 Å². The van der Waals surface area contributed by atoms with Crippen LogP contribution in [0.2, 0.25) is 0 Å². The molecule has 0 fully saturated rings. The third-order valence-electron chi connectivity index (χ3n) is 5.01. The van der Waals surface area contributed by atoms with Crippen molar-refractivity contribution in [1.82, 2.24) is 16.0 Å². The summed E-state index contributed by atoms with van der Waals surface area (Å²) in [6.07, 6.45) is 0.456. The molecule has 0 radical (unpaired) electrons. The summed E-state index contributed by atoms with van der Waals surface area (Å²) in [5, 5.41) is 16.8. The van der Waals surface area contributed by atoms with Gasteiger partial charge in [-0.3, -0.25) is 14.4 Å². The average Bonchev–Trinajstić information content (AvgIpc) is 2.83. The number of hydrogen-bond donors (Lipinski definition) is 5. The zero-order chi connectivity index (χ0) is 25.1. The molecule has 34 heavy (non-hydrogen) atoms. The number of nitrogens with two attached hydrogens (primary N) is 1. The minimum Gasteiger partial charge on any atom is -0.508 e. The summed E-state index contributed by atoms with van der Waals surface area (Å²) in [4.78, 5) is 48.9. The molecule has 0 saturated heterocycles. The molecule has 0 aromatic heterocycles. The van der Waals surface area contributed by atoms with Crippen molar-refractivity contribution >= 4 is 23.7 Å². The normalized spacial score (nSPS) is 13.1. The van der Waals surface area contributed by atoms with E-state index in [1.54, 1.807) is 12.1 Å². The van der Waals surface area contributed by atoms with Gasteiger partial charge < -0.3 is 31.5 Å². The number of phenols is 1. The van der Waals surface area contributed by atoms with Gasteiger partial charge in [0.1, 0.15) is 17.8 Å². The van der Waals surface area contributed by atoms with Crippen molar-refractivity contribution in [3.8, 4) is 5.75 Å². The molecule has 3 amide bonds. The first-order chi connectivity index (χ1) is 16.2. The lowest BCUT2D eigenvalue weighted by molar-refractivity contribution is -0.145. The van der Waals surface area contributed by atoms with Crippen molar-refractivity contribution in [3.05, 3.63) is 65.7 Å². The van der Waals surface area contributed by atoms with Crippen LogP contribution in [0.15, 0.2) is 54.6 Å². The van der Waals surface area contributed by atoms with Gasteiger partial charge in [-0.25, -0.2) is 4.79 Å². The smallest absolute Gasteiger partial charge is 0.328 e. The van der Waals surface area contributed by atoms with Crippen LogP contribution in [-0.4, -0.2) is 60.6 Å². The molecular formula is C24H30N4O6. The Kier molecular flexibility index (Phi) is 10.0. The Morgan fingerprint density at radius 1 is 0.912 bits per heavy atom. The van der Waals surface area contributed by atoms with Crippen LogP contribution in [0.1, 0.15) is 18.1 Å². The van der Waals surface area contributed by atoms with E-state index in [0.717, 1.165) is 11.1 Å². The maximum atomic E-state index is 12.3. The topological polar surface area (TPSA) is 160 Å². The third kappa shape index (κ3) is 8.55. The number of rotatable bonds is 11. The van der Waals surface area contributed by atoms with Gasteiger partial charge in [0, 0.05) is 6.42 Å². The largest absolute Gasteiger partial charge is 0.508 e. The van der Waals surface area contributed by atoms with Gasteiger partial charge in [-0.05, 0) is 36.6 Å². The maximum absolute atomic E-state index is 12.3. The Morgan fingerprint density at radius 3 is 2.15 bits per heavy atom. The molecule has 10 nitrogen and oxygen atoms in total. The molecule has 0 aliphatic rings. The Labute approximate surface area is 197 Å². The van der Waals surface area contributed by atoms with Crippen LogP contribution in [0.25, 0.3) is 0 Å². The summed E-state index contributed by atoms with van der Waals surface area (Å²) in [6.45, 7) is 1.08. The number of esters is 1. The number of ether oxygens (including phenoxy) is 1. The molecule has 0 saturated carbocycles. The summed E-state index contributed by atoms with van der Waals surface area (Å²) < 4.78 is 4.75. The van der Waals surface area contributed by atoms with Crippen LogP contribution in [-0.2, 0) is 36.8 Å². The summed E-state index contributed by atoms with van der Waals surface area (Å²) in [5.41, 5.74) is 7.49. The summed E-state index contributed by atoms with van der Waals surface area (Å²) in [5.74, 6) is -2.20. The van der Waals surface area contributed by atoms with Crippen LogP contribution >= 0.6 is 0 Å². The monoisotopic (exact) mass is 470 g/mol. The zero-order valence-corrected chi connectivity index (χ0v) is 19.1. The van der Waals surface area contributed by atoms with E-state index < -0.39 is 41.8 Å². The quantitative estimate of drug-likeness (QED) is 0.284. The zero-order valence-electron chi connectivity index (χ0n) is 19.1. The second-order valence-corrected chi connectivity index (χ2v) is 7.76. The molecule has 182 valence electrons. The van der Waals surface area contributed by atoms with E-state index in [1.165, 1.54) is 26.2 Å². The Balaban J connectivity index is 1.81. The van der Waals surface area contributed by atoms with Gasteiger partial charge in [-0.1, -0.05) is 42.5 Å². The number of methoxy groups -OCH3 is 1. The van der Waals surface area contributed by atoms with E-state index in [-0.39, 0.29) is 25.1 Å². The summed E-state index contributed by atoms with van der Waals surface area (Å²) in [7, 11) is 1.23. The highest BCUT2D eigenvalue weighted by Gasteiger charge is 2.24. The number of hydrogen-bond acceptors (Lipinski definition) is 7. The summed E-state index contributed by atoms with van der Waals surface area (Å²) in [6, 6.07) is 12.6. The van der Waals surface area contributed by atoms with Crippen molar-refractivity contribution in [2.24, 2.45) is 5.73 Å². The van der Waals surface area contributed by atoms with E-state index in [9.17, 15) is 24.3 Å². The van der Waals surface area contributed by atoms with E-state index in [4.69, 9.17) is 10.5 Å². The lowest BCUT2D eigenvalue weighted by Gasteiger charge is -2.19. The molecule has 0 unspecified atom stereocenters. The van der Waals surface area contributed by atoms with Crippen molar-refractivity contribution in [3.63, 3.8) is 0 Å². The van der Waals surface area contributed by atoms with Gasteiger partial charge in [0.05, 0.1) is 19.7 Å². The summed E-state index contributed by atoms with van der Waals surface area (Å²) >= 11 is 0. The third-order valence-corrected chi connectivity index (χ3v) is 5.01. The molecular weight excluding hydrogens is 440 g/mol. The first kappa shape index (κ1) is 26.3.